The van der Waals surface area contributed by atoms with E-state index in [1.54, 1.807) is 41.8 Å². The van der Waals surface area contributed by atoms with E-state index in [-0.39, 0.29) is 18.8 Å². The predicted octanol–water partition coefficient (Wildman–Crippen LogP) is 6.89. The van der Waals surface area contributed by atoms with Crippen molar-refractivity contribution in [2.24, 2.45) is 4.99 Å². The quantitative estimate of drug-likeness (QED) is 0.159. The average molecular weight is 678 g/mol. The molecule has 6 rings (SSSR count). The number of aromatic nitrogens is 1. The van der Waals surface area contributed by atoms with E-state index in [4.69, 9.17) is 42.4 Å². The van der Waals surface area contributed by atoms with Crippen LogP contribution in [0.25, 0.3) is 11.8 Å². The van der Waals surface area contributed by atoms with Crippen molar-refractivity contribution in [1.82, 2.24) is 4.57 Å². The van der Waals surface area contributed by atoms with Gasteiger partial charge in [0.25, 0.3) is 5.56 Å². The summed E-state index contributed by atoms with van der Waals surface area (Å²) in [5.41, 5.74) is 2.82. The smallest absolute Gasteiger partial charge is 0.338 e. The Morgan fingerprint density at radius 3 is 2.51 bits per heavy atom. The van der Waals surface area contributed by atoms with Gasteiger partial charge in [0.2, 0.25) is 0 Å². The molecule has 1 aliphatic heterocycles. The molecule has 1 aliphatic rings. The maximum atomic E-state index is 14.1. The molecule has 5 aromatic rings. The van der Waals surface area contributed by atoms with E-state index in [0.717, 1.165) is 16.0 Å². The summed E-state index contributed by atoms with van der Waals surface area (Å²) in [6.07, 6.45) is 1.74. The van der Waals surface area contributed by atoms with E-state index < -0.39 is 12.0 Å². The summed E-state index contributed by atoms with van der Waals surface area (Å²) in [5.74, 6) is 0.290. The molecule has 0 fully saturated rings. The highest BCUT2D eigenvalue weighted by atomic mass is 35.5. The van der Waals surface area contributed by atoms with Crippen LogP contribution >= 0.6 is 45.9 Å². The molecule has 0 spiro atoms. The Balaban J connectivity index is 1.46. The van der Waals surface area contributed by atoms with E-state index in [0.29, 0.717) is 47.7 Å². The van der Waals surface area contributed by atoms with Gasteiger partial charge >= 0.3 is 5.97 Å². The molecule has 3 aromatic carbocycles. The number of ether oxygens (including phenoxy) is 3. The lowest BCUT2D eigenvalue weighted by molar-refractivity contribution is -0.138. The molecule has 0 saturated heterocycles. The number of benzene rings is 3. The fourth-order valence-electron chi connectivity index (χ4n) is 5.01. The molecular formula is C34H26Cl2N2O5S2. The Labute approximate surface area is 276 Å². The van der Waals surface area contributed by atoms with Gasteiger partial charge in [-0.3, -0.25) is 9.36 Å². The van der Waals surface area contributed by atoms with Gasteiger partial charge in [0.05, 0.1) is 34.5 Å². The standard InChI is InChI=1S/C34H26Cl2N2O5S2/c1-3-42-33(40)28-29(22-8-5-4-6-9-22)37-34-38(30(28)26-10-7-15-44-26)32(39)27(45-34)18-21-16-24(36)31(25(17-21)41-2)43-19-20-11-13-23(35)14-12-20/h4-18,30H,3,19H2,1-2H3/b27-18-/t30-/m0/s1. The zero-order valence-corrected chi connectivity index (χ0v) is 27.3. The van der Waals surface area contributed by atoms with Crippen molar-refractivity contribution in [1.29, 1.82) is 0 Å². The van der Waals surface area contributed by atoms with Crippen LogP contribution in [0.4, 0.5) is 0 Å². The Morgan fingerprint density at radius 1 is 1.04 bits per heavy atom. The number of nitrogens with zero attached hydrogens (tertiary/aromatic N) is 2. The number of halogens is 2. The minimum Gasteiger partial charge on any atom is -0.493 e. The number of thiophene rings is 1. The molecular weight excluding hydrogens is 651 g/mol. The first kappa shape index (κ1) is 30.9. The lowest BCUT2D eigenvalue weighted by atomic mass is 9.97. The molecule has 7 nitrogen and oxygen atoms in total. The molecule has 0 saturated carbocycles. The summed E-state index contributed by atoms with van der Waals surface area (Å²) in [5, 5.41) is 2.88. The van der Waals surface area contributed by atoms with Crippen molar-refractivity contribution in [2.45, 2.75) is 19.6 Å². The van der Waals surface area contributed by atoms with Crippen molar-refractivity contribution in [3.05, 3.63) is 141 Å². The summed E-state index contributed by atoms with van der Waals surface area (Å²) >= 11 is 15.4. The number of carbonyl (C=O) groups excluding carboxylic acids is 1. The summed E-state index contributed by atoms with van der Waals surface area (Å²) in [7, 11) is 1.53. The molecule has 0 N–H and O–H groups in total. The Hall–Kier alpha value is -4.15. The number of rotatable bonds is 9. The third-order valence-corrected chi connectivity index (χ3v) is 9.47. The first-order valence-electron chi connectivity index (χ1n) is 13.9. The van der Waals surface area contributed by atoms with Gasteiger partial charge in [-0.1, -0.05) is 83.1 Å². The highest BCUT2D eigenvalue weighted by molar-refractivity contribution is 7.10. The zero-order chi connectivity index (χ0) is 31.5. The van der Waals surface area contributed by atoms with Crippen LogP contribution in [0.2, 0.25) is 10.0 Å². The molecule has 0 aliphatic carbocycles. The number of esters is 1. The number of methoxy groups -OCH3 is 1. The second kappa shape index (κ2) is 13.5. The Kier molecular flexibility index (Phi) is 9.23. The van der Waals surface area contributed by atoms with Gasteiger partial charge in [-0.2, -0.15) is 0 Å². The van der Waals surface area contributed by atoms with Crippen LogP contribution in [0.5, 0.6) is 11.5 Å². The van der Waals surface area contributed by atoms with Gasteiger partial charge < -0.3 is 14.2 Å². The second-order valence-electron chi connectivity index (χ2n) is 9.90. The minimum absolute atomic E-state index is 0.188. The van der Waals surface area contributed by atoms with Gasteiger partial charge in [-0.15, -0.1) is 11.3 Å². The molecule has 1 atom stereocenters. The van der Waals surface area contributed by atoms with E-state index in [2.05, 4.69) is 0 Å². The van der Waals surface area contributed by atoms with Gasteiger partial charge in [-0.05, 0) is 59.8 Å². The molecule has 0 amide bonds. The fourth-order valence-corrected chi connectivity index (χ4v) is 7.23. The highest BCUT2D eigenvalue weighted by Gasteiger charge is 2.35. The minimum atomic E-state index is -0.709. The number of fused-ring (bicyclic) bond motifs is 1. The molecule has 0 bridgehead atoms. The zero-order valence-electron chi connectivity index (χ0n) is 24.2. The lowest BCUT2D eigenvalue weighted by Gasteiger charge is -2.24. The summed E-state index contributed by atoms with van der Waals surface area (Å²) in [6.45, 7) is 2.21. The van der Waals surface area contributed by atoms with Crippen molar-refractivity contribution < 1.29 is 19.0 Å². The molecule has 3 heterocycles. The van der Waals surface area contributed by atoms with E-state index in [1.807, 2.05) is 60.0 Å². The first-order valence-corrected chi connectivity index (χ1v) is 16.4. The van der Waals surface area contributed by atoms with Crippen molar-refractivity contribution in [2.75, 3.05) is 13.7 Å². The van der Waals surface area contributed by atoms with Crippen molar-refractivity contribution >= 4 is 63.6 Å². The Bertz CT molecular complexity index is 2070. The molecule has 0 radical (unpaired) electrons. The summed E-state index contributed by atoms with van der Waals surface area (Å²) < 4.78 is 19.1. The highest BCUT2D eigenvalue weighted by Crippen LogP contribution is 2.38. The largest absolute Gasteiger partial charge is 0.493 e. The van der Waals surface area contributed by atoms with Crippen LogP contribution in [-0.4, -0.2) is 24.3 Å². The van der Waals surface area contributed by atoms with Crippen LogP contribution in [0, 0.1) is 0 Å². The van der Waals surface area contributed by atoms with E-state index >= 15 is 0 Å². The fraction of sp³-hybridized carbons (Fsp3) is 0.147. The van der Waals surface area contributed by atoms with Crippen LogP contribution in [-0.2, 0) is 16.1 Å². The average Bonchev–Trinajstić information content (AvgIpc) is 3.69. The third-order valence-electron chi connectivity index (χ3n) is 7.03. The second-order valence-corrected chi connectivity index (χ2v) is 12.7. The molecule has 45 heavy (non-hydrogen) atoms. The van der Waals surface area contributed by atoms with Crippen LogP contribution < -0.4 is 24.4 Å². The van der Waals surface area contributed by atoms with Gasteiger partial charge in [0.15, 0.2) is 16.3 Å². The Morgan fingerprint density at radius 2 is 1.82 bits per heavy atom. The monoisotopic (exact) mass is 676 g/mol. The molecule has 11 heteroatoms. The third kappa shape index (κ3) is 6.35. The van der Waals surface area contributed by atoms with Gasteiger partial charge in [0.1, 0.15) is 12.6 Å². The van der Waals surface area contributed by atoms with Crippen LogP contribution in [0.1, 0.15) is 34.5 Å². The number of thiazole rings is 1. The van der Waals surface area contributed by atoms with Crippen LogP contribution in [0.15, 0.2) is 99.6 Å². The van der Waals surface area contributed by atoms with Crippen molar-refractivity contribution in [3.63, 3.8) is 0 Å². The van der Waals surface area contributed by atoms with E-state index in [9.17, 15) is 9.59 Å². The van der Waals surface area contributed by atoms with Gasteiger partial charge in [-0.25, -0.2) is 9.79 Å². The number of carbonyl (C=O) groups is 1. The lowest BCUT2D eigenvalue weighted by Crippen LogP contribution is -2.39. The van der Waals surface area contributed by atoms with Crippen molar-refractivity contribution in [3.8, 4) is 11.5 Å². The first-order chi connectivity index (χ1) is 21.9. The number of hydrogen-bond acceptors (Lipinski definition) is 8. The summed E-state index contributed by atoms with van der Waals surface area (Å²) in [4.78, 5) is 33.8. The maximum absolute atomic E-state index is 14.1. The SMILES string of the molecule is CCOC(=O)C1=C(c2ccccc2)N=c2s/c(=C\c3cc(Cl)c(OCc4ccc(Cl)cc4)c(OC)c3)c(=O)n2[C@H]1c1cccs1. The van der Waals surface area contributed by atoms with Gasteiger partial charge in [0, 0.05) is 15.5 Å². The molecule has 0 unspecified atom stereocenters. The van der Waals surface area contributed by atoms with E-state index in [1.165, 1.54) is 29.8 Å². The summed E-state index contributed by atoms with van der Waals surface area (Å²) in [6, 6.07) is 23.4. The topological polar surface area (TPSA) is 79.1 Å². The predicted molar refractivity (Wildman–Crippen MR) is 179 cm³/mol. The maximum Gasteiger partial charge on any atom is 0.338 e. The normalized spacial score (nSPS) is 14.6. The number of hydrogen-bond donors (Lipinski definition) is 0. The molecule has 228 valence electrons. The van der Waals surface area contributed by atoms with Crippen LogP contribution in [0.3, 0.4) is 0 Å². The molecule has 2 aromatic heterocycles.